The molecule has 0 amide bonds. The first kappa shape index (κ1) is 13.2. The lowest BCUT2D eigenvalue weighted by molar-refractivity contribution is 1.03. The van der Waals surface area contributed by atoms with Crippen molar-refractivity contribution >= 4 is 50.7 Å². The van der Waals surface area contributed by atoms with Crippen molar-refractivity contribution < 1.29 is 0 Å². The Morgan fingerprint density at radius 2 is 1.76 bits per heavy atom. The first-order valence-corrected chi connectivity index (χ1v) is 6.77. The molecule has 0 saturated carbocycles. The van der Waals surface area contributed by atoms with E-state index in [1.807, 2.05) is 12.1 Å². The van der Waals surface area contributed by atoms with Gasteiger partial charge in [0.05, 0.1) is 5.69 Å². The molecule has 88 valence electrons. The zero-order valence-corrected chi connectivity index (χ0v) is 12.4. The van der Waals surface area contributed by atoms with E-state index in [0.717, 1.165) is 15.7 Å². The molecule has 5 heteroatoms. The van der Waals surface area contributed by atoms with Crippen molar-refractivity contribution in [2.75, 3.05) is 0 Å². The second-order valence-electron chi connectivity index (χ2n) is 3.44. The van der Waals surface area contributed by atoms with Crippen LogP contribution in [0, 0.1) is 0 Å². The number of hydrogen-bond acceptors (Lipinski definition) is 1. The largest absolute Gasteiger partial charge is 0.258 e. The molecule has 2 rings (SSSR count). The van der Waals surface area contributed by atoms with Crippen molar-refractivity contribution in [3.8, 4) is 0 Å². The van der Waals surface area contributed by atoms with Crippen LogP contribution >= 0.6 is 50.7 Å². The van der Waals surface area contributed by atoms with E-state index in [4.69, 9.17) is 34.8 Å². The van der Waals surface area contributed by atoms with Crippen LogP contribution in [0.25, 0.3) is 0 Å². The van der Waals surface area contributed by atoms with Gasteiger partial charge in [-0.15, -0.1) is 11.6 Å². The lowest BCUT2D eigenvalue weighted by Gasteiger charge is -2.11. The van der Waals surface area contributed by atoms with Crippen LogP contribution < -0.4 is 0 Å². The van der Waals surface area contributed by atoms with Crippen molar-refractivity contribution in [3.63, 3.8) is 0 Å². The van der Waals surface area contributed by atoms with Gasteiger partial charge < -0.3 is 0 Å². The van der Waals surface area contributed by atoms with Crippen LogP contribution in [-0.2, 0) is 0 Å². The van der Waals surface area contributed by atoms with Crippen LogP contribution in [0.1, 0.15) is 16.6 Å². The highest BCUT2D eigenvalue weighted by molar-refractivity contribution is 9.10. The van der Waals surface area contributed by atoms with Gasteiger partial charge in [0.2, 0.25) is 0 Å². The smallest absolute Gasteiger partial charge is 0.102 e. The third kappa shape index (κ3) is 3.14. The van der Waals surface area contributed by atoms with Gasteiger partial charge in [0.25, 0.3) is 0 Å². The lowest BCUT2D eigenvalue weighted by Crippen LogP contribution is -1.97. The molecule has 0 saturated heterocycles. The molecule has 1 heterocycles. The van der Waals surface area contributed by atoms with Crippen molar-refractivity contribution in [2.24, 2.45) is 0 Å². The van der Waals surface area contributed by atoms with E-state index in [1.54, 1.807) is 24.4 Å². The van der Waals surface area contributed by atoms with E-state index in [2.05, 4.69) is 20.9 Å². The standard InChI is InChI=1S/C12H7BrCl3N/c13-10-2-1-3-17-12(10)11(16)7-4-8(14)6-9(15)5-7/h1-6,11H. The number of benzene rings is 1. The molecular formula is C12H7BrCl3N. The van der Waals surface area contributed by atoms with Crippen LogP contribution in [0.3, 0.4) is 0 Å². The fourth-order valence-electron chi connectivity index (χ4n) is 1.46. The Bertz CT molecular complexity index is 525. The van der Waals surface area contributed by atoms with Crippen LogP contribution in [0.5, 0.6) is 0 Å². The van der Waals surface area contributed by atoms with Crippen LogP contribution in [-0.4, -0.2) is 4.98 Å². The minimum absolute atomic E-state index is 0.387. The third-order valence-corrected chi connectivity index (χ3v) is 3.77. The molecule has 0 spiro atoms. The van der Waals surface area contributed by atoms with E-state index in [0.29, 0.717) is 10.0 Å². The molecule has 2 aromatic rings. The minimum Gasteiger partial charge on any atom is -0.258 e. The fraction of sp³-hybridized carbons (Fsp3) is 0.0833. The predicted octanol–water partition coefficient (Wildman–Crippen LogP) is 5.48. The first-order valence-electron chi connectivity index (χ1n) is 4.78. The molecule has 0 bridgehead atoms. The molecule has 1 atom stereocenters. The molecule has 1 aromatic heterocycles. The molecule has 1 nitrogen and oxygen atoms in total. The number of halogens is 4. The summed E-state index contributed by atoms with van der Waals surface area (Å²) in [5.41, 5.74) is 1.57. The van der Waals surface area contributed by atoms with E-state index >= 15 is 0 Å². The number of alkyl halides is 1. The zero-order chi connectivity index (χ0) is 12.4. The lowest BCUT2D eigenvalue weighted by atomic mass is 10.1. The van der Waals surface area contributed by atoms with Gasteiger partial charge in [0.1, 0.15) is 5.38 Å². The Kier molecular flexibility index (Phi) is 4.31. The maximum atomic E-state index is 6.37. The summed E-state index contributed by atoms with van der Waals surface area (Å²) in [6, 6.07) is 8.97. The van der Waals surface area contributed by atoms with Gasteiger partial charge in [-0.05, 0) is 51.8 Å². The highest BCUT2D eigenvalue weighted by atomic mass is 79.9. The fourth-order valence-corrected chi connectivity index (χ4v) is 2.92. The molecular weight excluding hydrogens is 344 g/mol. The van der Waals surface area contributed by atoms with E-state index in [9.17, 15) is 0 Å². The normalized spacial score (nSPS) is 12.5. The predicted molar refractivity (Wildman–Crippen MR) is 76.1 cm³/mol. The number of aromatic nitrogens is 1. The highest BCUT2D eigenvalue weighted by Crippen LogP contribution is 2.34. The van der Waals surface area contributed by atoms with Crippen LogP contribution in [0.2, 0.25) is 10.0 Å². The molecule has 17 heavy (non-hydrogen) atoms. The van der Waals surface area contributed by atoms with Crippen molar-refractivity contribution in [1.29, 1.82) is 0 Å². The van der Waals surface area contributed by atoms with Crippen LogP contribution in [0.4, 0.5) is 0 Å². The summed E-state index contributed by atoms with van der Waals surface area (Å²) in [6.07, 6.45) is 1.70. The summed E-state index contributed by atoms with van der Waals surface area (Å²) in [4.78, 5) is 4.25. The second-order valence-corrected chi connectivity index (χ2v) is 5.60. The molecule has 0 radical (unpaired) electrons. The van der Waals surface area contributed by atoms with Crippen molar-refractivity contribution in [1.82, 2.24) is 4.98 Å². The summed E-state index contributed by atoms with van der Waals surface area (Å²) in [6.45, 7) is 0. The van der Waals surface area contributed by atoms with Gasteiger partial charge in [0.15, 0.2) is 0 Å². The summed E-state index contributed by atoms with van der Waals surface area (Å²) >= 11 is 21.7. The average molecular weight is 351 g/mol. The van der Waals surface area contributed by atoms with Crippen molar-refractivity contribution in [3.05, 3.63) is 62.3 Å². The Labute approximate surface area is 123 Å². The molecule has 0 aliphatic rings. The van der Waals surface area contributed by atoms with E-state index in [-0.39, 0.29) is 5.38 Å². The second kappa shape index (κ2) is 5.57. The summed E-state index contributed by atoms with van der Waals surface area (Å²) < 4.78 is 0.857. The zero-order valence-electron chi connectivity index (χ0n) is 8.50. The Balaban J connectivity index is 2.43. The van der Waals surface area contributed by atoms with Crippen molar-refractivity contribution in [2.45, 2.75) is 5.38 Å². The van der Waals surface area contributed by atoms with Gasteiger partial charge in [-0.1, -0.05) is 23.2 Å². The number of nitrogens with zero attached hydrogens (tertiary/aromatic N) is 1. The van der Waals surface area contributed by atoms with Gasteiger partial charge >= 0.3 is 0 Å². The molecule has 0 aliphatic carbocycles. The van der Waals surface area contributed by atoms with E-state index in [1.165, 1.54) is 0 Å². The molecule has 1 unspecified atom stereocenters. The molecule has 0 fully saturated rings. The van der Waals surface area contributed by atoms with Crippen LogP contribution in [0.15, 0.2) is 41.0 Å². The maximum Gasteiger partial charge on any atom is 0.102 e. The van der Waals surface area contributed by atoms with Gasteiger partial charge in [-0.3, -0.25) is 4.98 Å². The highest BCUT2D eigenvalue weighted by Gasteiger charge is 2.16. The quantitative estimate of drug-likeness (QED) is 0.653. The van der Waals surface area contributed by atoms with Gasteiger partial charge in [0, 0.05) is 20.7 Å². The number of hydrogen-bond donors (Lipinski definition) is 0. The maximum absolute atomic E-state index is 6.37. The minimum atomic E-state index is -0.387. The molecule has 0 aliphatic heterocycles. The first-order chi connectivity index (χ1) is 8.08. The summed E-state index contributed by atoms with van der Waals surface area (Å²) in [7, 11) is 0. The summed E-state index contributed by atoms with van der Waals surface area (Å²) in [5, 5.41) is 0.734. The Morgan fingerprint density at radius 3 is 2.35 bits per heavy atom. The third-order valence-electron chi connectivity index (χ3n) is 2.20. The topological polar surface area (TPSA) is 12.9 Å². The van der Waals surface area contributed by atoms with Gasteiger partial charge in [-0.25, -0.2) is 0 Å². The Morgan fingerprint density at radius 1 is 1.12 bits per heavy atom. The number of pyridine rings is 1. The Hall–Kier alpha value is -0.280. The molecule has 1 aromatic carbocycles. The van der Waals surface area contributed by atoms with E-state index < -0.39 is 0 Å². The van der Waals surface area contributed by atoms with Gasteiger partial charge in [-0.2, -0.15) is 0 Å². The monoisotopic (exact) mass is 349 g/mol. The average Bonchev–Trinajstić information content (AvgIpc) is 2.27. The number of rotatable bonds is 2. The SMILES string of the molecule is Clc1cc(Cl)cc(C(Cl)c2ncccc2Br)c1. The summed E-state index contributed by atoms with van der Waals surface area (Å²) in [5.74, 6) is 0. The molecule has 0 N–H and O–H groups in total.